The molecule has 0 aliphatic rings. The average molecular weight is 270 g/mol. The Balaban J connectivity index is 2.56. The lowest BCUT2D eigenvalue weighted by Crippen LogP contribution is -2.19. The lowest BCUT2D eigenvalue weighted by atomic mass is 10.2. The van der Waals surface area contributed by atoms with Gasteiger partial charge < -0.3 is 10.1 Å². The van der Waals surface area contributed by atoms with Crippen molar-refractivity contribution in [2.75, 3.05) is 23.9 Å². The fourth-order valence-corrected chi connectivity index (χ4v) is 2.16. The summed E-state index contributed by atoms with van der Waals surface area (Å²) in [6.45, 7) is 4.82. The second-order valence-electron chi connectivity index (χ2n) is 4.31. The van der Waals surface area contributed by atoms with Gasteiger partial charge >= 0.3 is 0 Å². The maximum absolute atomic E-state index is 11.1. The Morgan fingerprint density at radius 1 is 1.56 bits per heavy atom. The van der Waals surface area contributed by atoms with E-state index in [0.29, 0.717) is 12.4 Å². The van der Waals surface area contributed by atoms with Gasteiger partial charge in [0.1, 0.15) is 0 Å². The van der Waals surface area contributed by atoms with Crippen LogP contribution in [0.15, 0.2) is 18.3 Å². The molecule has 18 heavy (non-hydrogen) atoms. The van der Waals surface area contributed by atoms with Crippen molar-refractivity contribution in [3.8, 4) is 5.75 Å². The van der Waals surface area contributed by atoms with Crippen LogP contribution in [0.5, 0.6) is 5.75 Å². The number of anilines is 1. The molecular formula is C13H22N2O2S. The molecule has 1 heterocycles. The molecule has 0 radical (unpaired) electrons. The van der Waals surface area contributed by atoms with E-state index in [9.17, 15) is 4.21 Å². The van der Waals surface area contributed by atoms with Crippen LogP contribution in [-0.2, 0) is 10.8 Å². The van der Waals surface area contributed by atoms with Crippen molar-refractivity contribution >= 4 is 16.6 Å². The van der Waals surface area contributed by atoms with Gasteiger partial charge in [0, 0.05) is 35.0 Å². The van der Waals surface area contributed by atoms with Gasteiger partial charge in [-0.05, 0) is 31.9 Å². The molecular weight excluding hydrogens is 248 g/mol. The molecule has 0 spiro atoms. The Morgan fingerprint density at radius 2 is 2.33 bits per heavy atom. The molecule has 0 saturated carbocycles. The Kier molecular flexibility index (Phi) is 6.72. The summed E-state index contributed by atoms with van der Waals surface area (Å²) in [6, 6.07) is 4.00. The lowest BCUT2D eigenvalue weighted by Gasteiger charge is -2.16. The third-order valence-corrected chi connectivity index (χ3v) is 3.26. The first-order chi connectivity index (χ1) is 8.63. The minimum Gasteiger partial charge on any atom is -0.490 e. The largest absolute Gasteiger partial charge is 0.490 e. The second-order valence-corrected chi connectivity index (χ2v) is 5.86. The monoisotopic (exact) mass is 270 g/mol. The van der Waals surface area contributed by atoms with Crippen molar-refractivity contribution < 1.29 is 8.95 Å². The van der Waals surface area contributed by atoms with Gasteiger partial charge in [0.05, 0.1) is 6.61 Å². The molecule has 1 rings (SSSR count). The predicted octanol–water partition coefficient (Wildman–Crippen LogP) is 2.44. The van der Waals surface area contributed by atoms with Crippen molar-refractivity contribution in [3.05, 3.63) is 18.3 Å². The maximum atomic E-state index is 11.1. The van der Waals surface area contributed by atoms with E-state index in [2.05, 4.69) is 24.1 Å². The molecule has 5 heteroatoms. The van der Waals surface area contributed by atoms with Gasteiger partial charge in [0.15, 0.2) is 11.6 Å². The van der Waals surface area contributed by atoms with Crippen molar-refractivity contribution in [2.24, 2.45) is 0 Å². The molecule has 4 nitrogen and oxygen atoms in total. The van der Waals surface area contributed by atoms with Crippen LogP contribution in [-0.4, -0.2) is 33.9 Å². The van der Waals surface area contributed by atoms with E-state index >= 15 is 0 Å². The van der Waals surface area contributed by atoms with Crippen molar-refractivity contribution in [3.63, 3.8) is 0 Å². The molecule has 0 bridgehead atoms. The summed E-state index contributed by atoms with van der Waals surface area (Å²) < 4.78 is 16.7. The van der Waals surface area contributed by atoms with Gasteiger partial charge in [-0.25, -0.2) is 4.98 Å². The number of aromatic nitrogens is 1. The number of rotatable bonds is 8. The number of nitrogens with one attached hydrogen (secondary N) is 1. The molecule has 0 amide bonds. The first kappa shape index (κ1) is 15.0. The summed E-state index contributed by atoms with van der Waals surface area (Å²) in [4.78, 5) is 4.29. The fraction of sp³-hybridized carbons (Fsp3) is 0.615. The third-order valence-electron chi connectivity index (χ3n) is 2.45. The van der Waals surface area contributed by atoms with Gasteiger partial charge in [-0.1, -0.05) is 6.92 Å². The normalized spacial score (nSPS) is 13.9. The van der Waals surface area contributed by atoms with E-state index in [4.69, 9.17) is 4.74 Å². The molecule has 0 saturated heterocycles. The molecule has 2 unspecified atom stereocenters. The summed E-state index contributed by atoms with van der Waals surface area (Å²) in [5.41, 5.74) is 0. The second kappa shape index (κ2) is 8.08. The number of hydrogen-bond donors (Lipinski definition) is 1. The van der Waals surface area contributed by atoms with Gasteiger partial charge in [-0.3, -0.25) is 4.21 Å². The Morgan fingerprint density at radius 3 is 3.00 bits per heavy atom. The van der Waals surface area contributed by atoms with Crippen LogP contribution in [0, 0.1) is 0 Å². The molecule has 2 atom stereocenters. The summed E-state index contributed by atoms with van der Waals surface area (Å²) in [6.07, 6.45) is 5.29. The van der Waals surface area contributed by atoms with Gasteiger partial charge in [-0.15, -0.1) is 0 Å². The Hall–Kier alpha value is -1.10. The topological polar surface area (TPSA) is 51.2 Å². The SMILES string of the molecule is CCCOc1cccnc1NC(C)CCS(C)=O. The lowest BCUT2D eigenvalue weighted by molar-refractivity contribution is 0.317. The smallest absolute Gasteiger partial charge is 0.168 e. The van der Waals surface area contributed by atoms with Crippen LogP contribution in [0.2, 0.25) is 0 Å². The zero-order valence-corrected chi connectivity index (χ0v) is 12.1. The number of pyridine rings is 1. The highest BCUT2D eigenvalue weighted by Gasteiger charge is 2.08. The van der Waals surface area contributed by atoms with E-state index in [1.54, 1.807) is 12.5 Å². The minimum absolute atomic E-state index is 0.229. The third kappa shape index (κ3) is 5.49. The highest BCUT2D eigenvalue weighted by atomic mass is 32.2. The molecule has 0 aromatic carbocycles. The van der Waals surface area contributed by atoms with Crippen LogP contribution in [0.1, 0.15) is 26.7 Å². The van der Waals surface area contributed by atoms with E-state index < -0.39 is 10.8 Å². The summed E-state index contributed by atoms with van der Waals surface area (Å²) >= 11 is 0. The molecule has 1 aromatic heterocycles. The molecule has 0 aliphatic heterocycles. The quantitative estimate of drug-likeness (QED) is 0.788. The standard InChI is InChI=1S/C13H22N2O2S/c1-4-9-17-12-6-5-8-14-13(12)15-11(2)7-10-18(3)16/h5-6,8,11H,4,7,9-10H2,1-3H3,(H,14,15). The van der Waals surface area contributed by atoms with Gasteiger partial charge in [0.2, 0.25) is 0 Å². The number of nitrogens with zero attached hydrogens (tertiary/aromatic N) is 1. The number of hydrogen-bond acceptors (Lipinski definition) is 4. The van der Waals surface area contributed by atoms with Crippen LogP contribution >= 0.6 is 0 Å². The average Bonchev–Trinajstić information content (AvgIpc) is 2.35. The zero-order valence-electron chi connectivity index (χ0n) is 11.3. The molecule has 1 N–H and O–H groups in total. The van der Waals surface area contributed by atoms with E-state index in [1.807, 2.05) is 12.1 Å². The van der Waals surface area contributed by atoms with Crippen LogP contribution in [0.4, 0.5) is 5.82 Å². The van der Waals surface area contributed by atoms with Crippen molar-refractivity contribution in [1.29, 1.82) is 0 Å². The maximum Gasteiger partial charge on any atom is 0.168 e. The Labute approximate surface area is 112 Å². The van der Waals surface area contributed by atoms with Gasteiger partial charge in [-0.2, -0.15) is 0 Å². The zero-order chi connectivity index (χ0) is 13.4. The van der Waals surface area contributed by atoms with E-state index in [0.717, 1.165) is 24.4 Å². The predicted molar refractivity (Wildman–Crippen MR) is 76.7 cm³/mol. The van der Waals surface area contributed by atoms with Crippen LogP contribution in [0.25, 0.3) is 0 Å². The molecule has 0 aliphatic carbocycles. The summed E-state index contributed by atoms with van der Waals surface area (Å²) in [7, 11) is -0.746. The van der Waals surface area contributed by atoms with Crippen LogP contribution in [0.3, 0.4) is 0 Å². The Bertz CT molecular complexity index is 385. The van der Waals surface area contributed by atoms with E-state index in [-0.39, 0.29) is 6.04 Å². The summed E-state index contributed by atoms with van der Waals surface area (Å²) in [5.74, 6) is 2.25. The van der Waals surface area contributed by atoms with Crippen molar-refractivity contribution in [2.45, 2.75) is 32.7 Å². The minimum atomic E-state index is -0.746. The van der Waals surface area contributed by atoms with Crippen LogP contribution < -0.4 is 10.1 Å². The van der Waals surface area contributed by atoms with Gasteiger partial charge in [0.25, 0.3) is 0 Å². The summed E-state index contributed by atoms with van der Waals surface area (Å²) in [5, 5.41) is 3.30. The molecule has 1 aromatic rings. The number of ether oxygens (including phenoxy) is 1. The van der Waals surface area contributed by atoms with Crippen molar-refractivity contribution in [1.82, 2.24) is 4.98 Å². The highest BCUT2D eigenvalue weighted by Crippen LogP contribution is 2.22. The molecule has 0 fully saturated rings. The fourth-order valence-electron chi connectivity index (χ4n) is 1.48. The first-order valence-corrected chi connectivity index (χ1v) is 8.00. The highest BCUT2D eigenvalue weighted by molar-refractivity contribution is 7.84. The first-order valence-electron chi connectivity index (χ1n) is 6.27. The molecule has 102 valence electrons. The van der Waals surface area contributed by atoms with E-state index in [1.165, 1.54) is 0 Å².